The second-order valence-corrected chi connectivity index (χ2v) is 4.52. The Kier molecular flexibility index (Phi) is 5.77. The molecule has 0 radical (unpaired) electrons. The number of hydrogen-bond donors (Lipinski definition) is 2. The van der Waals surface area contributed by atoms with Crippen molar-refractivity contribution in [3.05, 3.63) is 0 Å². The topological polar surface area (TPSA) is 58.6 Å². The van der Waals surface area contributed by atoms with E-state index in [9.17, 15) is 9.90 Å². The Hall–Kier alpha value is -0.610. The normalized spacial score (nSPS) is 19.4. The minimum absolute atomic E-state index is 0.175. The monoisotopic (exact) mass is 229 g/mol. The maximum Gasteiger partial charge on any atom is 0.307 e. The highest BCUT2D eigenvalue weighted by Gasteiger charge is 2.28. The molecular weight excluding hydrogens is 206 g/mol. The zero-order chi connectivity index (χ0) is 11.9. The van der Waals surface area contributed by atoms with Gasteiger partial charge >= 0.3 is 5.97 Å². The van der Waals surface area contributed by atoms with E-state index in [2.05, 4.69) is 5.32 Å². The van der Waals surface area contributed by atoms with Crippen molar-refractivity contribution >= 4 is 5.97 Å². The summed E-state index contributed by atoms with van der Waals surface area (Å²) in [6.07, 6.45) is 5.57. The van der Waals surface area contributed by atoms with Gasteiger partial charge in [-0.15, -0.1) is 0 Å². The van der Waals surface area contributed by atoms with E-state index in [1.165, 1.54) is 6.42 Å². The van der Waals surface area contributed by atoms with Gasteiger partial charge in [0.05, 0.1) is 18.6 Å². The molecule has 0 heterocycles. The molecule has 1 aliphatic carbocycles. The van der Waals surface area contributed by atoms with Gasteiger partial charge < -0.3 is 15.2 Å². The van der Waals surface area contributed by atoms with Gasteiger partial charge in [-0.3, -0.25) is 4.79 Å². The molecule has 4 nitrogen and oxygen atoms in total. The molecule has 1 saturated carbocycles. The van der Waals surface area contributed by atoms with E-state index < -0.39 is 5.60 Å². The zero-order valence-electron chi connectivity index (χ0n) is 10.1. The van der Waals surface area contributed by atoms with Gasteiger partial charge in [-0.2, -0.15) is 0 Å². The molecule has 0 aliphatic heterocycles. The number of carbonyl (C=O) groups is 1. The third-order valence-corrected chi connectivity index (χ3v) is 3.05. The van der Waals surface area contributed by atoms with Crippen LogP contribution in [0, 0.1) is 0 Å². The summed E-state index contributed by atoms with van der Waals surface area (Å²) in [5, 5.41) is 13.3. The Balaban J connectivity index is 2.07. The van der Waals surface area contributed by atoms with Gasteiger partial charge in [0.1, 0.15) is 0 Å². The van der Waals surface area contributed by atoms with Gasteiger partial charge in [-0.1, -0.05) is 19.3 Å². The van der Waals surface area contributed by atoms with Crippen molar-refractivity contribution in [3.8, 4) is 0 Å². The van der Waals surface area contributed by atoms with Crippen molar-refractivity contribution in [2.45, 2.75) is 51.0 Å². The van der Waals surface area contributed by atoms with E-state index in [1.807, 2.05) is 0 Å². The van der Waals surface area contributed by atoms with Gasteiger partial charge in [-0.05, 0) is 19.8 Å². The van der Waals surface area contributed by atoms with Gasteiger partial charge in [-0.25, -0.2) is 0 Å². The Morgan fingerprint density at radius 1 is 1.38 bits per heavy atom. The summed E-state index contributed by atoms with van der Waals surface area (Å²) in [7, 11) is 0. The summed E-state index contributed by atoms with van der Waals surface area (Å²) in [6.45, 7) is 3.41. The van der Waals surface area contributed by atoms with Crippen LogP contribution in [0.15, 0.2) is 0 Å². The largest absolute Gasteiger partial charge is 0.466 e. The third kappa shape index (κ3) is 4.94. The molecule has 1 aliphatic rings. The number of nitrogens with one attached hydrogen (secondary N) is 1. The first-order chi connectivity index (χ1) is 7.66. The van der Waals surface area contributed by atoms with E-state index in [1.54, 1.807) is 6.92 Å². The zero-order valence-corrected chi connectivity index (χ0v) is 10.1. The van der Waals surface area contributed by atoms with Crippen LogP contribution in [0.3, 0.4) is 0 Å². The first-order valence-electron chi connectivity index (χ1n) is 6.25. The van der Waals surface area contributed by atoms with E-state index >= 15 is 0 Å². The average molecular weight is 229 g/mol. The highest BCUT2D eigenvalue weighted by atomic mass is 16.5. The Morgan fingerprint density at radius 3 is 2.69 bits per heavy atom. The lowest BCUT2D eigenvalue weighted by atomic mass is 9.85. The quantitative estimate of drug-likeness (QED) is 0.531. The summed E-state index contributed by atoms with van der Waals surface area (Å²) in [4.78, 5) is 11.0. The molecule has 0 unspecified atom stereocenters. The van der Waals surface area contributed by atoms with Gasteiger partial charge in [0, 0.05) is 13.1 Å². The second kappa shape index (κ2) is 6.86. The molecule has 0 aromatic heterocycles. The summed E-state index contributed by atoms with van der Waals surface area (Å²) in [5.41, 5.74) is -0.549. The molecule has 0 aromatic rings. The first-order valence-corrected chi connectivity index (χ1v) is 6.25. The second-order valence-electron chi connectivity index (χ2n) is 4.52. The molecule has 0 spiro atoms. The van der Waals surface area contributed by atoms with Crippen molar-refractivity contribution in [2.24, 2.45) is 0 Å². The van der Waals surface area contributed by atoms with Crippen molar-refractivity contribution in [1.29, 1.82) is 0 Å². The molecule has 0 atom stereocenters. The maximum atomic E-state index is 11.0. The molecule has 1 rings (SSSR count). The summed E-state index contributed by atoms with van der Waals surface area (Å²) >= 11 is 0. The van der Waals surface area contributed by atoms with E-state index in [4.69, 9.17) is 4.74 Å². The maximum absolute atomic E-state index is 11.0. The van der Waals surface area contributed by atoms with Crippen LogP contribution in [0.4, 0.5) is 0 Å². The van der Waals surface area contributed by atoms with Crippen LogP contribution in [0.5, 0.6) is 0 Å². The number of aliphatic hydroxyl groups is 1. The fraction of sp³-hybridized carbons (Fsp3) is 0.917. The molecular formula is C12H23NO3. The SMILES string of the molecule is CCOC(=O)CCNCC1(O)CCCCC1. The molecule has 1 fully saturated rings. The van der Waals surface area contributed by atoms with Crippen molar-refractivity contribution in [1.82, 2.24) is 5.32 Å². The minimum Gasteiger partial charge on any atom is -0.466 e. The van der Waals surface area contributed by atoms with Crippen LogP contribution >= 0.6 is 0 Å². The van der Waals surface area contributed by atoms with Gasteiger partial charge in [0.15, 0.2) is 0 Å². The summed E-state index contributed by atoms with van der Waals surface area (Å²) < 4.78 is 4.82. The minimum atomic E-state index is -0.549. The van der Waals surface area contributed by atoms with Gasteiger partial charge in [0.2, 0.25) is 0 Å². The predicted octanol–water partition coefficient (Wildman–Crippen LogP) is 1.22. The van der Waals surface area contributed by atoms with E-state index in [0.717, 1.165) is 25.7 Å². The van der Waals surface area contributed by atoms with Crippen LogP contribution < -0.4 is 5.32 Å². The van der Waals surface area contributed by atoms with Crippen LogP contribution in [-0.4, -0.2) is 36.4 Å². The van der Waals surface area contributed by atoms with Crippen LogP contribution in [0.25, 0.3) is 0 Å². The predicted molar refractivity (Wildman–Crippen MR) is 62.2 cm³/mol. The Morgan fingerprint density at radius 2 is 2.06 bits per heavy atom. The molecule has 4 heteroatoms. The molecule has 94 valence electrons. The number of rotatable bonds is 6. The summed E-state index contributed by atoms with van der Waals surface area (Å²) in [6, 6.07) is 0. The highest BCUT2D eigenvalue weighted by Crippen LogP contribution is 2.27. The fourth-order valence-electron chi connectivity index (χ4n) is 2.13. The molecule has 0 bridgehead atoms. The Labute approximate surface area is 97.4 Å². The number of carbonyl (C=O) groups excluding carboxylic acids is 1. The van der Waals surface area contributed by atoms with Crippen molar-refractivity contribution in [3.63, 3.8) is 0 Å². The molecule has 0 amide bonds. The van der Waals surface area contributed by atoms with E-state index in [-0.39, 0.29) is 5.97 Å². The lowest BCUT2D eigenvalue weighted by Crippen LogP contribution is -2.42. The number of ether oxygens (including phenoxy) is 1. The van der Waals surface area contributed by atoms with Crippen molar-refractivity contribution in [2.75, 3.05) is 19.7 Å². The summed E-state index contributed by atoms with van der Waals surface area (Å²) in [5.74, 6) is -0.175. The fourth-order valence-corrected chi connectivity index (χ4v) is 2.13. The Bertz CT molecular complexity index is 212. The number of esters is 1. The molecule has 16 heavy (non-hydrogen) atoms. The van der Waals surface area contributed by atoms with Crippen LogP contribution in [0.1, 0.15) is 45.4 Å². The standard InChI is InChI=1S/C12H23NO3/c1-2-16-11(14)6-9-13-10-12(15)7-4-3-5-8-12/h13,15H,2-10H2,1H3. The molecule has 0 saturated heterocycles. The lowest BCUT2D eigenvalue weighted by molar-refractivity contribution is -0.143. The first kappa shape index (κ1) is 13.5. The highest BCUT2D eigenvalue weighted by molar-refractivity contribution is 5.69. The average Bonchev–Trinajstić information content (AvgIpc) is 2.26. The van der Waals surface area contributed by atoms with Crippen molar-refractivity contribution < 1.29 is 14.6 Å². The lowest BCUT2D eigenvalue weighted by Gasteiger charge is -2.32. The van der Waals surface area contributed by atoms with Crippen LogP contribution in [-0.2, 0) is 9.53 Å². The third-order valence-electron chi connectivity index (χ3n) is 3.05. The van der Waals surface area contributed by atoms with Crippen LogP contribution in [0.2, 0.25) is 0 Å². The smallest absolute Gasteiger partial charge is 0.307 e. The van der Waals surface area contributed by atoms with E-state index in [0.29, 0.717) is 26.1 Å². The molecule has 2 N–H and O–H groups in total. The number of hydrogen-bond acceptors (Lipinski definition) is 4. The molecule has 0 aromatic carbocycles. The van der Waals surface area contributed by atoms with Gasteiger partial charge in [0.25, 0.3) is 0 Å².